The van der Waals surface area contributed by atoms with E-state index in [1.54, 1.807) is 49.4 Å². The van der Waals surface area contributed by atoms with Crippen LogP contribution in [0, 0.1) is 0 Å². The summed E-state index contributed by atoms with van der Waals surface area (Å²) < 4.78 is 10.4. The summed E-state index contributed by atoms with van der Waals surface area (Å²) >= 11 is 6.07. The fourth-order valence-corrected chi connectivity index (χ4v) is 3.60. The molecule has 0 bridgehead atoms. The van der Waals surface area contributed by atoms with Gasteiger partial charge in [-0.3, -0.25) is 14.5 Å². The average molecular weight is 432 g/mol. The molecule has 2 N–H and O–H groups in total. The minimum atomic E-state index is -1.27. The van der Waals surface area contributed by atoms with Gasteiger partial charge in [-0.1, -0.05) is 30.7 Å². The molecule has 0 unspecified atom stereocenters. The molecule has 1 aliphatic heterocycles. The molecule has 9 heteroatoms. The lowest BCUT2D eigenvalue weighted by Crippen LogP contribution is -2.44. The maximum atomic E-state index is 13.2. The molecule has 1 fully saturated rings. The van der Waals surface area contributed by atoms with Crippen LogP contribution in [0.2, 0.25) is 5.02 Å². The van der Waals surface area contributed by atoms with E-state index in [-0.39, 0.29) is 0 Å². The highest BCUT2D eigenvalue weighted by molar-refractivity contribution is 6.30. The van der Waals surface area contributed by atoms with Gasteiger partial charge >= 0.3 is 6.03 Å². The van der Waals surface area contributed by atoms with Crippen molar-refractivity contribution in [2.45, 2.75) is 18.9 Å². The van der Waals surface area contributed by atoms with Gasteiger partial charge in [0.05, 0.1) is 19.9 Å². The van der Waals surface area contributed by atoms with Gasteiger partial charge in [0, 0.05) is 11.1 Å². The number of imide groups is 1. The fraction of sp³-hybridized carbons (Fsp3) is 0.286. The number of halogens is 1. The molecule has 8 nitrogen and oxygen atoms in total. The number of rotatable bonds is 7. The van der Waals surface area contributed by atoms with E-state index in [0.717, 1.165) is 4.90 Å². The van der Waals surface area contributed by atoms with Crippen LogP contribution in [0.25, 0.3) is 0 Å². The van der Waals surface area contributed by atoms with E-state index in [1.165, 1.54) is 14.2 Å². The van der Waals surface area contributed by atoms with E-state index in [2.05, 4.69) is 10.6 Å². The molecular weight excluding hydrogens is 410 g/mol. The predicted molar refractivity (Wildman–Crippen MR) is 112 cm³/mol. The highest BCUT2D eigenvalue weighted by Crippen LogP contribution is 2.34. The smallest absolute Gasteiger partial charge is 0.325 e. The molecule has 2 aromatic rings. The van der Waals surface area contributed by atoms with Gasteiger partial charge in [0.2, 0.25) is 5.91 Å². The Hall–Kier alpha value is -3.26. The molecule has 1 heterocycles. The Balaban J connectivity index is 1.81. The number of ether oxygens (including phenoxy) is 2. The van der Waals surface area contributed by atoms with Crippen molar-refractivity contribution in [2.24, 2.45) is 0 Å². The minimum Gasteiger partial charge on any atom is -0.497 e. The van der Waals surface area contributed by atoms with Crippen molar-refractivity contribution in [3.8, 4) is 11.5 Å². The number of benzene rings is 2. The Kier molecular flexibility index (Phi) is 6.17. The highest BCUT2D eigenvalue weighted by atomic mass is 35.5. The summed E-state index contributed by atoms with van der Waals surface area (Å²) in [5.74, 6) is -0.122. The van der Waals surface area contributed by atoms with Crippen molar-refractivity contribution in [3.05, 3.63) is 53.1 Å². The predicted octanol–water partition coefficient (Wildman–Crippen LogP) is 3.15. The van der Waals surface area contributed by atoms with Crippen molar-refractivity contribution in [2.75, 3.05) is 26.1 Å². The topological polar surface area (TPSA) is 97.0 Å². The second-order valence-electron chi connectivity index (χ2n) is 6.71. The lowest BCUT2D eigenvalue weighted by molar-refractivity contribution is -0.134. The Labute approximate surface area is 179 Å². The summed E-state index contributed by atoms with van der Waals surface area (Å²) in [6.07, 6.45) is 0.305. The monoisotopic (exact) mass is 431 g/mol. The number of nitrogens with one attached hydrogen (secondary N) is 2. The summed E-state index contributed by atoms with van der Waals surface area (Å²) in [6, 6.07) is 11.0. The highest BCUT2D eigenvalue weighted by Gasteiger charge is 2.51. The number of hydrogen-bond donors (Lipinski definition) is 2. The number of urea groups is 1. The number of carbonyl (C=O) groups is 3. The second-order valence-corrected chi connectivity index (χ2v) is 7.14. The van der Waals surface area contributed by atoms with Crippen LogP contribution < -0.4 is 20.1 Å². The third-order valence-corrected chi connectivity index (χ3v) is 5.24. The lowest BCUT2D eigenvalue weighted by atomic mass is 9.87. The molecular formula is C21H22ClN3O5. The van der Waals surface area contributed by atoms with E-state index in [1.807, 2.05) is 0 Å². The Morgan fingerprint density at radius 3 is 2.57 bits per heavy atom. The Bertz CT molecular complexity index is 996. The number of carbonyl (C=O) groups excluding carboxylic acids is 3. The summed E-state index contributed by atoms with van der Waals surface area (Å²) in [7, 11) is 2.97. The quantitative estimate of drug-likeness (QED) is 0.656. The summed E-state index contributed by atoms with van der Waals surface area (Å²) in [6.45, 7) is 1.33. The van der Waals surface area contributed by atoms with Crippen LogP contribution in [0.1, 0.15) is 18.9 Å². The SMILES string of the molecule is CC[C@@]1(c2cccc(Cl)c2)NC(=O)N(CC(=O)Nc2cc(OC)ccc2OC)C1=O. The number of amides is 4. The summed E-state index contributed by atoms with van der Waals surface area (Å²) in [4.78, 5) is 39.2. The zero-order chi connectivity index (χ0) is 21.9. The van der Waals surface area contributed by atoms with E-state index in [4.69, 9.17) is 21.1 Å². The van der Waals surface area contributed by atoms with Gasteiger partial charge in [0.1, 0.15) is 23.6 Å². The first kappa shape index (κ1) is 21.4. The van der Waals surface area contributed by atoms with E-state index < -0.39 is 29.9 Å². The van der Waals surface area contributed by atoms with Crippen LogP contribution in [0.3, 0.4) is 0 Å². The fourth-order valence-electron chi connectivity index (χ4n) is 3.41. The minimum absolute atomic E-state index is 0.305. The number of hydrogen-bond acceptors (Lipinski definition) is 5. The van der Waals surface area contributed by atoms with E-state index >= 15 is 0 Å². The maximum Gasteiger partial charge on any atom is 0.325 e. The second kappa shape index (κ2) is 8.62. The molecule has 2 aromatic carbocycles. The molecule has 0 aromatic heterocycles. The molecule has 0 saturated carbocycles. The molecule has 3 rings (SSSR count). The van der Waals surface area contributed by atoms with Crippen molar-refractivity contribution in [1.82, 2.24) is 10.2 Å². The molecule has 1 saturated heterocycles. The normalized spacial score (nSPS) is 18.2. The maximum absolute atomic E-state index is 13.2. The van der Waals surface area contributed by atoms with Crippen molar-refractivity contribution in [1.29, 1.82) is 0 Å². The Morgan fingerprint density at radius 2 is 1.93 bits per heavy atom. The summed E-state index contributed by atoms with van der Waals surface area (Å²) in [5.41, 5.74) is -0.339. The van der Waals surface area contributed by atoms with Gasteiger partial charge in [-0.05, 0) is 36.2 Å². The third kappa shape index (κ3) is 3.91. The van der Waals surface area contributed by atoms with Crippen molar-refractivity contribution in [3.63, 3.8) is 0 Å². The standard InChI is InChI=1S/C21H22ClN3O5/c1-4-21(13-6-5-7-14(22)10-13)19(27)25(20(28)24-21)12-18(26)23-16-11-15(29-2)8-9-17(16)30-3/h5-11H,4,12H2,1-3H3,(H,23,26)(H,24,28)/t21-/m0/s1. The van der Waals surface area contributed by atoms with Gasteiger partial charge in [-0.25, -0.2) is 4.79 Å². The lowest BCUT2D eigenvalue weighted by Gasteiger charge is -2.26. The van der Waals surface area contributed by atoms with Crippen LogP contribution in [-0.2, 0) is 15.1 Å². The van der Waals surface area contributed by atoms with Crippen LogP contribution >= 0.6 is 11.6 Å². The Morgan fingerprint density at radius 1 is 1.17 bits per heavy atom. The van der Waals surface area contributed by atoms with Gasteiger partial charge in [0.15, 0.2) is 0 Å². The zero-order valence-electron chi connectivity index (χ0n) is 16.8. The first-order chi connectivity index (χ1) is 14.3. The molecule has 30 heavy (non-hydrogen) atoms. The zero-order valence-corrected chi connectivity index (χ0v) is 17.6. The van der Waals surface area contributed by atoms with Gasteiger partial charge < -0.3 is 20.1 Å². The van der Waals surface area contributed by atoms with Crippen LogP contribution in [0.15, 0.2) is 42.5 Å². The van der Waals surface area contributed by atoms with Gasteiger partial charge in [0.25, 0.3) is 5.91 Å². The molecule has 0 radical (unpaired) electrons. The van der Waals surface area contributed by atoms with E-state index in [0.29, 0.717) is 34.2 Å². The first-order valence-corrected chi connectivity index (χ1v) is 9.64. The molecule has 0 aliphatic carbocycles. The number of methoxy groups -OCH3 is 2. The third-order valence-electron chi connectivity index (χ3n) is 5.01. The molecule has 0 spiro atoms. The molecule has 1 atom stereocenters. The van der Waals surface area contributed by atoms with Crippen molar-refractivity contribution >= 4 is 35.1 Å². The van der Waals surface area contributed by atoms with E-state index in [9.17, 15) is 14.4 Å². The summed E-state index contributed by atoms with van der Waals surface area (Å²) in [5, 5.41) is 5.83. The molecule has 158 valence electrons. The molecule has 1 aliphatic rings. The van der Waals surface area contributed by atoms with Gasteiger partial charge in [-0.2, -0.15) is 0 Å². The van der Waals surface area contributed by atoms with Gasteiger partial charge in [-0.15, -0.1) is 0 Å². The number of anilines is 1. The van der Waals surface area contributed by atoms with Crippen molar-refractivity contribution < 1.29 is 23.9 Å². The number of nitrogens with zero attached hydrogens (tertiary/aromatic N) is 1. The molecule has 4 amide bonds. The van der Waals surface area contributed by atoms with Crippen LogP contribution in [0.5, 0.6) is 11.5 Å². The van der Waals surface area contributed by atoms with Crippen LogP contribution in [0.4, 0.5) is 10.5 Å². The van der Waals surface area contributed by atoms with Crippen LogP contribution in [-0.4, -0.2) is 43.5 Å². The largest absolute Gasteiger partial charge is 0.497 e. The first-order valence-electron chi connectivity index (χ1n) is 9.26. The average Bonchev–Trinajstić information content (AvgIpc) is 2.98.